The third-order valence-electron chi connectivity index (χ3n) is 3.00. The predicted octanol–water partition coefficient (Wildman–Crippen LogP) is 1.98. The molecule has 0 N–H and O–H groups in total. The molecule has 0 aliphatic carbocycles. The Morgan fingerprint density at radius 1 is 1.28 bits per heavy atom. The molecule has 0 saturated carbocycles. The molecule has 0 saturated heterocycles. The average Bonchev–Trinajstić information content (AvgIpc) is 2.40. The summed E-state index contributed by atoms with van der Waals surface area (Å²) in [6, 6.07) is 3.61. The van der Waals surface area contributed by atoms with E-state index in [0.717, 1.165) is 26.1 Å². The Labute approximate surface area is 109 Å². The van der Waals surface area contributed by atoms with Gasteiger partial charge in [0.2, 0.25) is 0 Å². The van der Waals surface area contributed by atoms with Crippen LogP contribution in [0.2, 0.25) is 0 Å². The lowest BCUT2D eigenvalue weighted by molar-refractivity contribution is 0.283. The van der Waals surface area contributed by atoms with Gasteiger partial charge in [0.15, 0.2) is 5.75 Å². The highest BCUT2D eigenvalue weighted by Crippen LogP contribution is 2.02. The van der Waals surface area contributed by atoms with Gasteiger partial charge in [0.1, 0.15) is 0 Å². The van der Waals surface area contributed by atoms with E-state index in [0.29, 0.717) is 18.9 Å². The molecule has 4 nitrogen and oxygen atoms in total. The standard InChI is InChI=1S/C14H24N2O2/c1-4-12-18-13-8-7-9-16(14(13)17)11-10-15(5-2)6-3/h7-9H,4-6,10-12H2,1-3H3. The van der Waals surface area contributed by atoms with E-state index in [2.05, 4.69) is 18.7 Å². The minimum atomic E-state index is -0.0295. The van der Waals surface area contributed by atoms with Crippen LogP contribution in [-0.4, -0.2) is 35.7 Å². The minimum Gasteiger partial charge on any atom is -0.488 e. The van der Waals surface area contributed by atoms with Crippen molar-refractivity contribution in [3.63, 3.8) is 0 Å². The van der Waals surface area contributed by atoms with Crippen LogP contribution in [0.1, 0.15) is 27.2 Å². The number of ether oxygens (including phenoxy) is 1. The van der Waals surface area contributed by atoms with Crippen molar-refractivity contribution < 1.29 is 4.74 Å². The molecule has 1 rings (SSSR count). The van der Waals surface area contributed by atoms with Crippen molar-refractivity contribution in [2.24, 2.45) is 0 Å². The van der Waals surface area contributed by atoms with Crippen LogP contribution in [0.5, 0.6) is 5.75 Å². The summed E-state index contributed by atoms with van der Waals surface area (Å²) in [6.07, 6.45) is 2.73. The second kappa shape index (κ2) is 7.93. The normalized spacial score (nSPS) is 10.9. The van der Waals surface area contributed by atoms with Crippen molar-refractivity contribution in [3.8, 4) is 5.75 Å². The van der Waals surface area contributed by atoms with Gasteiger partial charge in [-0.3, -0.25) is 4.79 Å². The van der Waals surface area contributed by atoms with Crippen LogP contribution in [0, 0.1) is 0 Å². The molecule has 4 heteroatoms. The van der Waals surface area contributed by atoms with Crippen LogP contribution in [0.15, 0.2) is 23.1 Å². The van der Waals surface area contributed by atoms with Crippen molar-refractivity contribution in [1.82, 2.24) is 9.47 Å². The maximum Gasteiger partial charge on any atom is 0.292 e. The maximum atomic E-state index is 12.1. The van der Waals surface area contributed by atoms with Crippen LogP contribution in [0.3, 0.4) is 0 Å². The molecule has 102 valence electrons. The number of hydrogen-bond donors (Lipinski definition) is 0. The molecule has 0 unspecified atom stereocenters. The van der Waals surface area contributed by atoms with Gasteiger partial charge in [-0.1, -0.05) is 20.8 Å². The highest BCUT2D eigenvalue weighted by atomic mass is 16.5. The molecule has 18 heavy (non-hydrogen) atoms. The van der Waals surface area contributed by atoms with Crippen LogP contribution in [0.25, 0.3) is 0 Å². The van der Waals surface area contributed by atoms with E-state index in [1.54, 1.807) is 10.6 Å². The zero-order valence-electron chi connectivity index (χ0n) is 11.7. The van der Waals surface area contributed by atoms with Crippen molar-refractivity contribution in [3.05, 3.63) is 28.7 Å². The van der Waals surface area contributed by atoms with Gasteiger partial charge in [-0.05, 0) is 31.6 Å². The van der Waals surface area contributed by atoms with E-state index >= 15 is 0 Å². The van der Waals surface area contributed by atoms with Gasteiger partial charge < -0.3 is 14.2 Å². The van der Waals surface area contributed by atoms with E-state index < -0.39 is 0 Å². The largest absolute Gasteiger partial charge is 0.488 e. The third kappa shape index (κ3) is 4.18. The molecule has 0 spiro atoms. The molecule has 0 amide bonds. The van der Waals surface area contributed by atoms with Crippen molar-refractivity contribution in [2.75, 3.05) is 26.2 Å². The SMILES string of the molecule is CCCOc1cccn(CCN(CC)CC)c1=O. The molecule has 0 radical (unpaired) electrons. The van der Waals surface area contributed by atoms with Gasteiger partial charge in [0.25, 0.3) is 5.56 Å². The van der Waals surface area contributed by atoms with Crippen molar-refractivity contribution in [2.45, 2.75) is 33.7 Å². The molecule has 0 aromatic carbocycles. The first-order valence-corrected chi connectivity index (χ1v) is 6.77. The van der Waals surface area contributed by atoms with Gasteiger partial charge in [0.05, 0.1) is 6.61 Å². The minimum absolute atomic E-state index is 0.0295. The van der Waals surface area contributed by atoms with Crippen LogP contribution in [-0.2, 0) is 6.54 Å². The van der Waals surface area contributed by atoms with Crippen LogP contribution < -0.4 is 10.3 Å². The molecule has 1 aromatic heterocycles. The monoisotopic (exact) mass is 252 g/mol. The lowest BCUT2D eigenvalue weighted by Gasteiger charge is -2.18. The van der Waals surface area contributed by atoms with Gasteiger partial charge >= 0.3 is 0 Å². The van der Waals surface area contributed by atoms with Gasteiger partial charge in [-0.15, -0.1) is 0 Å². The summed E-state index contributed by atoms with van der Waals surface area (Å²) in [5.41, 5.74) is -0.0295. The number of rotatable bonds is 8. The molecule has 1 aromatic rings. The van der Waals surface area contributed by atoms with E-state index in [1.807, 2.05) is 19.2 Å². The fraction of sp³-hybridized carbons (Fsp3) is 0.643. The molecule has 1 heterocycles. The highest BCUT2D eigenvalue weighted by Gasteiger charge is 2.05. The second-order valence-electron chi connectivity index (χ2n) is 4.25. The van der Waals surface area contributed by atoms with Gasteiger partial charge in [-0.25, -0.2) is 0 Å². The molecule has 0 bridgehead atoms. The van der Waals surface area contributed by atoms with Crippen LogP contribution in [0.4, 0.5) is 0 Å². The van der Waals surface area contributed by atoms with E-state index in [1.165, 1.54) is 0 Å². The number of pyridine rings is 1. The summed E-state index contributed by atoms with van der Waals surface area (Å²) in [6.45, 7) is 10.5. The smallest absolute Gasteiger partial charge is 0.292 e. The Hall–Kier alpha value is -1.29. The predicted molar refractivity (Wildman–Crippen MR) is 74.3 cm³/mol. The lowest BCUT2D eigenvalue weighted by atomic mass is 10.4. The van der Waals surface area contributed by atoms with E-state index in [9.17, 15) is 4.79 Å². The van der Waals surface area contributed by atoms with E-state index in [4.69, 9.17) is 4.74 Å². The summed E-state index contributed by atoms with van der Waals surface area (Å²) >= 11 is 0. The average molecular weight is 252 g/mol. The third-order valence-corrected chi connectivity index (χ3v) is 3.00. The Bertz CT molecular complexity index is 397. The van der Waals surface area contributed by atoms with Crippen molar-refractivity contribution in [1.29, 1.82) is 0 Å². The number of hydrogen-bond acceptors (Lipinski definition) is 3. The maximum absolute atomic E-state index is 12.1. The molecular formula is C14H24N2O2. The molecule has 0 aliphatic rings. The fourth-order valence-corrected chi connectivity index (χ4v) is 1.80. The zero-order chi connectivity index (χ0) is 13.4. The second-order valence-corrected chi connectivity index (χ2v) is 4.25. The Morgan fingerprint density at radius 2 is 2.00 bits per heavy atom. The highest BCUT2D eigenvalue weighted by molar-refractivity contribution is 5.17. The number of nitrogens with zero attached hydrogens (tertiary/aromatic N) is 2. The first kappa shape index (κ1) is 14.8. The summed E-state index contributed by atoms with van der Waals surface area (Å²) in [7, 11) is 0. The zero-order valence-corrected chi connectivity index (χ0v) is 11.7. The van der Waals surface area contributed by atoms with E-state index in [-0.39, 0.29) is 5.56 Å². The topological polar surface area (TPSA) is 34.5 Å². The number of likely N-dealkylation sites (N-methyl/N-ethyl adjacent to an activating group) is 1. The number of aromatic nitrogens is 1. The van der Waals surface area contributed by atoms with Gasteiger partial charge in [0, 0.05) is 19.3 Å². The first-order chi connectivity index (χ1) is 8.72. The summed E-state index contributed by atoms with van der Waals surface area (Å²) in [5.74, 6) is 0.457. The lowest BCUT2D eigenvalue weighted by Crippen LogP contribution is -2.31. The molecule has 0 aliphatic heterocycles. The summed E-state index contributed by atoms with van der Waals surface area (Å²) < 4.78 is 7.16. The molecular weight excluding hydrogens is 228 g/mol. The Balaban J connectivity index is 2.68. The van der Waals surface area contributed by atoms with Crippen molar-refractivity contribution >= 4 is 0 Å². The quantitative estimate of drug-likeness (QED) is 0.709. The van der Waals surface area contributed by atoms with Crippen LogP contribution >= 0.6 is 0 Å². The summed E-state index contributed by atoms with van der Waals surface area (Å²) in [5, 5.41) is 0. The fourth-order valence-electron chi connectivity index (χ4n) is 1.80. The molecule has 0 atom stereocenters. The first-order valence-electron chi connectivity index (χ1n) is 6.77. The Kier molecular flexibility index (Phi) is 6.50. The molecule has 0 fully saturated rings. The Morgan fingerprint density at radius 3 is 2.61 bits per heavy atom. The van der Waals surface area contributed by atoms with Gasteiger partial charge in [-0.2, -0.15) is 0 Å². The summed E-state index contributed by atoms with van der Waals surface area (Å²) in [4.78, 5) is 14.4.